The molecular weight excluding hydrogens is 216 g/mol. The highest BCUT2D eigenvalue weighted by Gasteiger charge is 2.13. The van der Waals surface area contributed by atoms with Gasteiger partial charge in [0.2, 0.25) is 0 Å². The van der Waals surface area contributed by atoms with Gasteiger partial charge in [-0.05, 0) is 24.1 Å². The molecule has 0 aliphatic heterocycles. The number of carbonyl (C=O) groups is 1. The van der Waals surface area contributed by atoms with Crippen molar-refractivity contribution in [2.24, 2.45) is 5.73 Å². The summed E-state index contributed by atoms with van der Waals surface area (Å²) in [5.74, 6) is -0.401. The number of methoxy groups -OCH3 is 1. The third kappa shape index (κ3) is 4.18. The minimum atomic E-state index is -0.608. The van der Waals surface area contributed by atoms with Gasteiger partial charge in [0.25, 0.3) is 0 Å². The summed E-state index contributed by atoms with van der Waals surface area (Å²) in [7, 11) is 1.32. The van der Waals surface area contributed by atoms with Crippen LogP contribution in [0, 0.1) is 0 Å². The Hall–Kier alpha value is -1.26. The molecule has 5 heteroatoms. The molecule has 0 fully saturated rings. The maximum atomic E-state index is 11.0. The van der Waals surface area contributed by atoms with Crippen LogP contribution < -0.4 is 11.5 Å². The van der Waals surface area contributed by atoms with E-state index in [0.717, 1.165) is 5.56 Å². The van der Waals surface area contributed by atoms with Crippen LogP contribution in [-0.4, -0.2) is 19.1 Å². The first-order chi connectivity index (χ1) is 6.63. The van der Waals surface area contributed by atoms with Gasteiger partial charge in [-0.3, -0.25) is 4.79 Å². The second kappa shape index (κ2) is 6.27. The van der Waals surface area contributed by atoms with E-state index in [-0.39, 0.29) is 12.4 Å². The number of hydrogen-bond donors (Lipinski definition) is 2. The van der Waals surface area contributed by atoms with E-state index in [0.29, 0.717) is 12.1 Å². The van der Waals surface area contributed by atoms with Gasteiger partial charge in [0.1, 0.15) is 6.04 Å². The molecule has 1 aromatic rings. The Labute approximate surface area is 95.0 Å². The van der Waals surface area contributed by atoms with Gasteiger partial charge in [-0.25, -0.2) is 0 Å². The van der Waals surface area contributed by atoms with Crippen LogP contribution in [0.4, 0.5) is 5.69 Å². The van der Waals surface area contributed by atoms with Crippen molar-refractivity contribution in [3.63, 3.8) is 0 Å². The van der Waals surface area contributed by atoms with Crippen molar-refractivity contribution in [3.8, 4) is 0 Å². The van der Waals surface area contributed by atoms with Gasteiger partial charge < -0.3 is 16.2 Å². The van der Waals surface area contributed by atoms with Crippen LogP contribution in [0.25, 0.3) is 0 Å². The number of rotatable bonds is 3. The Balaban J connectivity index is 0.00000196. The SMILES string of the molecule is COC(=O)C(N)Cc1ccc(N)cc1.Cl. The number of halogens is 1. The van der Waals surface area contributed by atoms with E-state index in [2.05, 4.69) is 4.74 Å². The lowest BCUT2D eigenvalue weighted by Crippen LogP contribution is -2.33. The fourth-order valence-electron chi connectivity index (χ4n) is 1.14. The predicted molar refractivity (Wildman–Crippen MR) is 61.8 cm³/mol. The highest BCUT2D eigenvalue weighted by Crippen LogP contribution is 2.07. The molecule has 4 N–H and O–H groups in total. The van der Waals surface area contributed by atoms with Gasteiger partial charge in [0.15, 0.2) is 0 Å². The zero-order valence-electron chi connectivity index (χ0n) is 8.47. The van der Waals surface area contributed by atoms with E-state index in [1.165, 1.54) is 7.11 Å². The van der Waals surface area contributed by atoms with Crippen molar-refractivity contribution in [2.45, 2.75) is 12.5 Å². The summed E-state index contributed by atoms with van der Waals surface area (Å²) < 4.78 is 4.52. The smallest absolute Gasteiger partial charge is 0.322 e. The fraction of sp³-hybridized carbons (Fsp3) is 0.300. The Kier molecular flexibility index (Phi) is 5.74. The van der Waals surface area contributed by atoms with Gasteiger partial charge in [0.05, 0.1) is 7.11 Å². The number of nitrogens with two attached hydrogens (primary N) is 2. The van der Waals surface area contributed by atoms with Crippen molar-refractivity contribution in [2.75, 3.05) is 12.8 Å². The standard InChI is InChI=1S/C10H14N2O2.ClH/c1-14-10(13)9(12)6-7-2-4-8(11)5-3-7;/h2-5,9H,6,11-12H2,1H3;1H. The number of carbonyl (C=O) groups excluding carboxylic acids is 1. The summed E-state index contributed by atoms with van der Waals surface area (Å²) in [5, 5.41) is 0. The van der Waals surface area contributed by atoms with Gasteiger partial charge in [0, 0.05) is 5.69 Å². The molecule has 84 valence electrons. The summed E-state index contributed by atoms with van der Waals surface area (Å²) in [4.78, 5) is 11.0. The molecule has 0 spiro atoms. The number of hydrogen-bond acceptors (Lipinski definition) is 4. The summed E-state index contributed by atoms with van der Waals surface area (Å²) in [6.07, 6.45) is 0.465. The third-order valence-corrected chi connectivity index (χ3v) is 1.94. The molecule has 1 rings (SSSR count). The van der Waals surface area contributed by atoms with Crippen molar-refractivity contribution < 1.29 is 9.53 Å². The van der Waals surface area contributed by atoms with Crippen LogP contribution in [-0.2, 0) is 16.0 Å². The first-order valence-corrected chi connectivity index (χ1v) is 4.31. The first-order valence-electron chi connectivity index (χ1n) is 4.31. The largest absolute Gasteiger partial charge is 0.468 e. The molecule has 0 heterocycles. The highest BCUT2D eigenvalue weighted by atomic mass is 35.5. The lowest BCUT2D eigenvalue weighted by Gasteiger charge is -2.08. The van der Waals surface area contributed by atoms with Crippen molar-refractivity contribution in [1.29, 1.82) is 0 Å². The molecule has 1 aromatic carbocycles. The third-order valence-electron chi connectivity index (χ3n) is 1.94. The molecule has 0 aliphatic rings. The summed E-state index contributed by atoms with van der Waals surface area (Å²) in [5.41, 5.74) is 12.8. The van der Waals surface area contributed by atoms with E-state index in [9.17, 15) is 4.79 Å². The summed E-state index contributed by atoms with van der Waals surface area (Å²) >= 11 is 0. The molecule has 0 radical (unpaired) electrons. The topological polar surface area (TPSA) is 78.3 Å². The molecule has 0 amide bonds. The monoisotopic (exact) mass is 230 g/mol. The van der Waals surface area contributed by atoms with Crippen LogP contribution in [0.2, 0.25) is 0 Å². The molecule has 1 atom stereocenters. The van der Waals surface area contributed by atoms with Crippen molar-refractivity contribution >= 4 is 24.1 Å². The minimum Gasteiger partial charge on any atom is -0.468 e. The van der Waals surface area contributed by atoms with Crippen LogP contribution in [0.1, 0.15) is 5.56 Å². The maximum Gasteiger partial charge on any atom is 0.322 e. The Bertz CT molecular complexity index is 314. The highest BCUT2D eigenvalue weighted by molar-refractivity contribution is 5.85. The zero-order chi connectivity index (χ0) is 10.6. The number of benzene rings is 1. The molecule has 1 unspecified atom stereocenters. The Morgan fingerprint density at radius 3 is 2.40 bits per heavy atom. The Morgan fingerprint density at radius 2 is 1.93 bits per heavy atom. The first kappa shape index (κ1) is 13.7. The molecular formula is C10H15ClN2O2. The van der Waals surface area contributed by atoms with E-state index >= 15 is 0 Å². The van der Waals surface area contributed by atoms with Crippen LogP contribution in [0.15, 0.2) is 24.3 Å². The van der Waals surface area contributed by atoms with E-state index < -0.39 is 12.0 Å². The average Bonchev–Trinajstić information content (AvgIpc) is 2.20. The molecule has 0 aliphatic carbocycles. The van der Waals surface area contributed by atoms with E-state index in [4.69, 9.17) is 11.5 Å². The number of esters is 1. The van der Waals surface area contributed by atoms with Crippen LogP contribution in [0.3, 0.4) is 0 Å². The fourth-order valence-corrected chi connectivity index (χ4v) is 1.14. The van der Waals surface area contributed by atoms with Crippen molar-refractivity contribution in [1.82, 2.24) is 0 Å². The molecule has 4 nitrogen and oxygen atoms in total. The number of anilines is 1. The lowest BCUT2D eigenvalue weighted by molar-refractivity contribution is -0.142. The number of ether oxygens (including phenoxy) is 1. The zero-order valence-corrected chi connectivity index (χ0v) is 9.29. The minimum absolute atomic E-state index is 0. The van der Waals surface area contributed by atoms with Crippen molar-refractivity contribution in [3.05, 3.63) is 29.8 Å². The summed E-state index contributed by atoms with van der Waals surface area (Å²) in [6, 6.07) is 6.64. The second-order valence-corrected chi connectivity index (χ2v) is 3.08. The molecule has 0 aromatic heterocycles. The van der Waals surface area contributed by atoms with Gasteiger partial charge >= 0.3 is 5.97 Å². The molecule has 0 saturated heterocycles. The predicted octanol–water partition coefficient (Wildman–Crippen LogP) is 0.733. The number of nitrogen functional groups attached to an aromatic ring is 1. The maximum absolute atomic E-state index is 11.0. The van der Waals surface area contributed by atoms with E-state index in [1.807, 2.05) is 12.1 Å². The average molecular weight is 231 g/mol. The summed E-state index contributed by atoms with van der Waals surface area (Å²) in [6.45, 7) is 0. The Morgan fingerprint density at radius 1 is 1.40 bits per heavy atom. The van der Waals surface area contributed by atoms with E-state index in [1.54, 1.807) is 12.1 Å². The molecule has 0 bridgehead atoms. The lowest BCUT2D eigenvalue weighted by atomic mass is 10.1. The van der Waals surface area contributed by atoms with Gasteiger partial charge in [-0.1, -0.05) is 12.1 Å². The quantitative estimate of drug-likeness (QED) is 0.593. The van der Waals surface area contributed by atoms with Crippen LogP contribution in [0.5, 0.6) is 0 Å². The van der Waals surface area contributed by atoms with Gasteiger partial charge in [-0.15, -0.1) is 12.4 Å². The van der Waals surface area contributed by atoms with Gasteiger partial charge in [-0.2, -0.15) is 0 Å². The molecule has 15 heavy (non-hydrogen) atoms. The van der Waals surface area contributed by atoms with Crippen LogP contribution >= 0.6 is 12.4 Å². The molecule has 0 saturated carbocycles. The second-order valence-electron chi connectivity index (χ2n) is 3.08. The normalized spacial score (nSPS) is 11.3.